The van der Waals surface area contributed by atoms with Crippen LogP contribution in [0.15, 0.2) is 46.1 Å². The maximum absolute atomic E-state index is 13.1. The van der Waals surface area contributed by atoms with Crippen LogP contribution in [0.5, 0.6) is 0 Å². The van der Waals surface area contributed by atoms with Crippen molar-refractivity contribution in [1.29, 1.82) is 0 Å². The second-order valence-corrected chi connectivity index (χ2v) is 10.4. The first kappa shape index (κ1) is 25.6. The number of hydrogen-bond acceptors (Lipinski definition) is 10. The first-order valence-electron chi connectivity index (χ1n) is 9.86. The van der Waals surface area contributed by atoms with E-state index in [9.17, 15) is 33.8 Å². The number of nitrogens with zero attached hydrogens (tertiary/aromatic N) is 3. The molecule has 6 N–H and O–H groups in total. The van der Waals surface area contributed by atoms with Gasteiger partial charge in [0.1, 0.15) is 18.3 Å². The Morgan fingerprint density at radius 3 is 2.51 bits per heavy atom. The van der Waals surface area contributed by atoms with E-state index in [4.69, 9.17) is 14.5 Å². The summed E-state index contributed by atoms with van der Waals surface area (Å²) in [6.45, 7) is -1.12. The molecule has 1 fully saturated rings. The van der Waals surface area contributed by atoms with E-state index in [0.29, 0.717) is 16.6 Å². The molecule has 1 aromatic carbocycles. The van der Waals surface area contributed by atoms with Crippen LogP contribution in [0.25, 0.3) is 10.9 Å². The molecule has 0 amide bonds. The van der Waals surface area contributed by atoms with E-state index in [-0.39, 0.29) is 6.54 Å². The van der Waals surface area contributed by atoms with Crippen molar-refractivity contribution in [3.63, 3.8) is 0 Å². The molecule has 1 aliphatic heterocycles. The third-order valence-corrected chi connectivity index (χ3v) is 7.33. The topological polar surface area (TPSA) is 236 Å². The first-order valence-corrected chi connectivity index (χ1v) is 12.9. The second kappa shape index (κ2) is 9.52. The predicted molar refractivity (Wildman–Crippen MR) is 115 cm³/mol. The fraction of sp³-hybridized carbons (Fsp3) is 0.353. The number of hydrogen-bond donors (Lipinski definition) is 6. The van der Waals surface area contributed by atoms with Gasteiger partial charge < -0.3 is 29.6 Å². The Morgan fingerprint density at radius 1 is 1.09 bits per heavy atom. The van der Waals surface area contributed by atoms with Crippen molar-refractivity contribution >= 4 is 26.5 Å². The molecular formula is C17H20N4O12P2. The van der Waals surface area contributed by atoms with Gasteiger partial charge in [-0.2, -0.15) is 9.41 Å². The monoisotopic (exact) mass is 534 g/mol. The zero-order chi connectivity index (χ0) is 25.5. The molecule has 3 unspecified atom stereocenters. The highest BCUT2D eigenvalue weighted by Gasteiger charge is 2.46. The lowest BCUT2D eigenvalue weighted by Crippen LogP contribution is -2.43. The van der Waals surface area contributed by atoms with Gasteiger partial charge in [-0.05, 0) is 6.07 Å². The molecule has 0 spiro atoms. The number of phosphoric ester groups is 1. The largest absolute Gasteiger partial charge is 0.481 e. The number of phosphoric acid groups is 2. The van der Waals surface area contributed by atoms with Crippen LogP contribution >= 0.6 is 15.6 Å². The highest BCUT2D eigenvalue weighted by molar-refractivity contribution is 7.60. The number of aliphatic hydroxyl groups excluding tert-OH is 2. The smallest absolute Gasteiger partial charge is 0.387 e. The summed E-state index contributed by atoms with van der Waals surface area (Å²) in [6.07, 6.45) is -5.46. The molecular weight excluding hydrogens is 514 g/mol. The third-order valence-electron chi connectivity index (χ3n) is 5.18. The number of aliphatic hydroxyl groups is 2. The fourth-order valence-electron chi connectivity index (χ4n) is 3.59. The lowest BCUT2D eigenvalue weighted by atomic mass is 10.1. The summed E-state index contributed by atoms with van der Waals surface area (Å²) < 4.78 is 37.5. The highest BCUT2D eigenvalue weighted by Crippen LogP contribution is 2.57. The first-order chi connectivity index (χ1) is 16.4. The Bertz CT molecular complexity index is 1440. The van der Waals surface area contributed by atoms with E-state index in [0.717, 1.165) is 21.4 Å². The lowest BCUT2D eigenvalue weighted by Gasteiger charge is -2.19. The zero-order valence-electron chi connectivity index (χ0n) is 17.5. The number of aromatic amines is 1. The molecule has 190 valence electrons. The minimum absolute atomic E-state index is 0.190. The molecule has 5 atom stereocenters. The summed E-state index contributed by atoms with van der Waals surface area (Å²) in [5, 5.41) is 28.2. The van der Waals surface area contributed by atoms with E-state index >= 15 is 0 Å². The molecule has 0 radical (unpaired) electrons. The molecule has 1 aliphatic rings. The van der Waals surface area contributed by atoms with Gasteiger partial charge in [-0.15, -0.1) is 0 Å². The summed E-state index contributed by atoms with van der Waals surface area (Å²) in [5.41, 5.74) is -0.461. The summed E-state index contributed by atoms with van der Waals surface area (Å²) in [5.74, 6) is 0. The summed E-state index contributed by atoms with van der Waals surface area (Å²) in [4.78, 5) is 52.1. The van der Waals surface area contributed by atoms with Crippen molar-refractivity contribution in [3.8, 4) is 0 Å². The third kappa shape index (κ3) is 5.52. The standard InChI is InChI=1S/C17H20N4O12P2/c22-13-5-6-20(17(25)21(13)7-11-9-3-1-2-4-10(9)18-19-11)16-15(24)14(23)12(32-16)8-31-35(29,30)33-34(26,27)28/h1-6,12,14-16,23-24H,7-8H2,(H,18,19)(H,29,30)(H2,26,27,28)/t12-,14?,15?,16-/m1/s1. The van der Waals surface area contributed by atoms with Crippen molar-refractivity contribution in [2.45, 2.75) is 31.1 Å². The van der Waals surface area contributed by atoms with Gasteiger partial charge in [-0.1, -0.05) is 18.2 Å². The Labute approximate surface area is 194 Å². The molecule has 35 heavy (non-hydrogen) atoms. The molecule has 0 aliphatic carbocycles. The molecule has 4 rings (SSSR count). The van der Waals surface area contributed by atoms with E-state index in [1.807, 2.05) is 0 Å². The van der Waals surface area contributed by atoms with Gasteiger partial charge >= 0.3 is 21.3 Å². The summed E-state index contributed by atoms with van der Waals surface area (Å²) >= 11 is 0. The van der Waals surface area contributed by atoms with Crippen molar-refractivity contribution in [2.24, 2.45) is 0 Å². The van der Waals surface area contributed by atoms with Gasteiger partial charge in [0.25, 0.3) is 5.56 Å². The summed E-state index contributed by atoms with van der Waals surface area (Å²) in [7, 11) is -10.6. The zero-order valence-corrected chi connectivity index (χ0v) is 19.3. The number of ether oxygens (including phenoxy) is 1. The molecule has 3 aromatic rings. The van der Waals surface area contributed by atoms with Crippen LogP contribution in [0.1, 0.15) is 11.9 Å². The Morgan fingerprint density at radius 2 is 1.80 bits per heavy atom. The van der Waals surface area contributed by atoms with Crippen LogP contribution in [-0.4, -0.2) is 69.1 Å². The van der Waals surface area contributed by atoms with Gasteiger partial charge in [0.2, 0.25) is 0 Å². The molecule has 0 saturated carbocycles. The van der Waals surface area contributed by atoms with E-state index in [1.165, 1.54) is 0 Å². The van der Waals surface area contributed by atoms with Gasteiger partial charge in [-0.3, -0.25) is 23.6 Å². The normalized spacial score (nSPS) is 24.6. The second-order valence-electron chi connectivity index (χ2n) is 7.53. The number of aromatic nitrogens is 4. The van der Waals surface area contributed by atoms with Crippen LogP contribution in [0.4, 0.5) is 0 Å². The molecule has 0 bridgehead atoms. The maximum Gasteiger partial charge on any atom is 0.481 e. The molecule has 3 heterocycles. The number of rotatable bonds is 8. The Hall–Kier alpha value is -2.49. The Kier molecular flexibility index (Phi) is 6.96. The van der Waals surface area contributed by atoms with Gasteiger partial charge in [0.05, 0.1) is 24.4 Å². The predicted octanol–water partition coefficient (Wildman–Crippen LogP) is -1.22. The minimum atomic E-state index is -5.37. The Balaban J connectivity index is 1.56. The highest BCUT2D eigenvalue weighted by atomic mass is 31.3. The average Bonchev–Trinajstić information content (AvgIpc) is 3.30. The lowest BCUT2D eigenvalue weighted by molar-refractivity contribution is -0.0547. The van der Waals surface area contributed by atoms with Crippen molar-refractivity contribution in [1.82, 2.24) is 19.3 Å². The van der Waals surface area contributed by atoms with Crippen molar-refractivity contribution in [2.75, 3.05) is 6.61 Å². The number of H-pyrrole nitrogens is 1. The van der Waals surface area contributed by atoms with Crippen molar-refractivity contribution < 1.29 is 47.6 Å². The number of para-hydroxylation sites is 1. The van der Waals surface area contributed by atoms with E-state index < -0.39 is 58.0 Å². The molecule has 16 nitrogen and oxygen atoms in total. The van der Waals surface area contributed by atoms with Crippen LogP contribution in [0.3, 0.4) is 0 Å². The molecule has 1 saturated heterocycles. The van der Waals surface area contributed by atoms with Crippen LogP contribution in [0, 0.1) is 0 Å². The summed E-state index contributed by atoms with van der Waals surface area (Å²) in [6, 6.07) is 8.07. The SMILES string of the molecule is O=c1ccn([C@@H]2O[C@H](COP(=O)(O)OP(=O)(O)O)C(O)C2O)c(=O)n1Cc1[nH]nc2ccccc12. The number of benzene rings is 1. The van der Waals surface area contributed by atoms with Gasteiger partial charge in [0, 0.05) is 17.6 Å². The molecule has 18 heteroatoms. The van der Waals surface area contributed by atoms with Crippen LogP contribution in [0.2, 0.25) is 0 Å². The average molecular weight is 534 g/mol. The van der Waals surface area contributed by atoms with Crippen LogP contribution < -0.4 is 11.2 Å². The molecule has 2 aromatic heterocycles. The van der Waals surface area contributed by atoms with Gasteiger partial charge in [-0.25, -0.2) is 13.9 Å². The van der Waals surface area contributed by atoms with Crippen LogP contribution in [-0.2, 0) is 29.2 Å². The van der Waals surface area contributed by atoms with E-state index in [1.54, 1.807) is 24.3 Å². The minimum Gasteiger partial charge on any atom is -0.387 e. The number of nitrogens with one attached hydrogen (secondary N) is 1. The van der Waals surface area contributed by atoms with E-state index in [2.05, 4.69) is 19.0 Å². The maximum atomic E-state index is 13.1. The quantitative estimate of drug-likeness (QED) is 0.186. The number of fused-ring (bicyclic) bond motifs is 1. The fourth-order valence-corrected chi connectivity index (χ4v) is 5.19. The van der Waals surface area contributed by atoms with Gasteiger partial charge in [0.15, 0.2) is 6.23 Å². The van der Waals surface area contributed by atoms with Crippen molar-refractivity contribution in [3.05, 3.63) is 63.1 Å².